The molecular weight excluding hydrogens is 388 g/mol. The van der Waals surface area contributed by atoms with Gasteiger partial charge in [0, 0.05) is 14.1 Å². The second-order valence-electron chi connectivity index (χ2n) is 6.19. The van der Waals surface area contributed by atoms with E-state index < -0.39 is 0 Å². The van der Waals surface area contributed by atoms with Crippen LogP contribution in [-0.2, 0) is 21.1 Å². The summed E-state index contributed by atoms with van der Waals surface area (Å²) in [7, 11) is 12.3. The molecular formula is C13H17N12S2+. The average molecular weight is 405 g/mol. The molecule has 0 spiro atoms. The van der Waals surface area contributed by atoms with E-state index >= 15 is 0 Å². The zero-order chi connectivity index (χ0) is 19.2. The first-order chi connectivity index (χ1) is 12.8. The summed E-state index contributed by atoms with van der Waals surface area (Å²) < 4.78 is 3.69. The SMILES string of the molecule is Cn1nnc(-c2cnn(C)c2SSc2c(C3=N[N+](C)(C)N=N3)cnn2C)n1. The standard InChI is InChI=1S/C13H17N12S2/c1-22-12(8(6-14-22)10-16-20-24(3)18-10)26-27-13-9(7-15-23(13)2)11-17-21-25(4,5)19-11/h6-7H,1-5H3/q+1. The Kier molecular flexibility index (Phi) is 4.32. The second kappa shape index (κ2) is 6.54. The van der Waals surface area contributed by atoms with Crippen LogP contribution in [-0.4, -0.2) is 64.4 Å². The summed E-state index contributed by atoms with van der Waals surface area (Å²) in [5, 5.41) is 35.5. The summed E-state index contributed by atoms with van der Waals surface area (Å²) in [6.45, 7) is 0. The summed E-state index contributed by atoms with van der Waals surface area (Å²) in [4.78, 5) is 1.42. The molecule has 0 bridgehead atoms. The molecule has 0 atom stereocenters. The van der Waals surface area contributed by atoms with Crippen LogP contribution in [0.4, 0.5) is 0 Å². The Hall–Kier alpha value is -2.58. The van der Waals surface area contributed by atoms with Crippen LogP contribution >= 0.6 is 21.6 Å². The minimum Gasteiger partial charge on any atom is -0.260 e. The summed E-state index contributed by atoms with van der Waals surface area (Å²) in [5.74, 6) is 1.10. The first-order valence-electron chi connectivity index (χ1n) is 7.85. The number of aromatic nitrogens is 8. The molecule has 1 aliphatic heterocycles. The van der Waals surface area contributed by atoms with E-state index in [1.165, 1.54) is 26.4 Å². The summed E-state index contributed by atoms with van der Waals surface area (Å²) in [6.07, 6.45) is 3.49. The van der Waals surface area contributed by atoms with Gasteiger partial charge in [-0.1, -0.05) is 9.82 Å². The average Bonchev–Trinajstić information content (AvgIpc) is 3.35. The molecule has 0 aliphatic carbocycles. The van der Waals surface area contributed by atoms with E-state index in [4.69, 9.17) is 0 Å². The molecule has 0 aromatic carbocycles. The van der Waals surface area contributed by atoms with Crippen LogP contribution in [0.25, 0.3) is 11.4 Å². The Morgan fingerprint density at radius 3 is 2.11 bits per heavy atom. The number of rotatable bonds is 5. The Labute approximate surface area is 162 Å². The van der Waals surface area contributed by atoms with Gasteiger partial charge in [-0.2, -0.15) is 15.0 Å². The maximum atomic E-state index is 4.49. The summed E-state index contributed by atoms with van der Waals surface area (Å²) in [6, 6.07) is 0. The van der Waals surface area contributed by atoms with Crippen molar-refractivity contribution in [1.82, 2.24) is 39.8 Å². The van der Waals surface area contributed by atoms with Crippen LogP contribution in [0.3, 0.4) is 0 Å². The zero-order valence-electron chi connectivity index (χ0n) is 15.3. The molecule has 4 rings (SSSR count). The Morgan fingerprint density at radius 2 is 1.56 bits per heavy atom. The van der Waals surface area contributed by atoms with Crippen molar-refractivity contribution in [1.29, 1.82) is 0 Å². The summed E-state index contributed by atoms with van der Waals surface area (Å²) >= 11 is 0. The van der Waals surface area contributed by atoms with E-state index in [0.717, 1.165) is 21.2 Å². The van der Waals surface area contributed by atoms with Crippen molar-refractivity contribution in [2.75, 3.05) is 14.1 Å². The van der Waals surface area contributed by atoms with E-state index in [1.807, 2.05) is 28.2 Å². The van der Waals surface area contributed by atoms with Crippen LogP contribution < -0.4 is 0 Å². The predicted molar refractivity (Wildman–Crippen MR) is 99.4 cm³/mol. The molecule has 27 heavy (non-hydrogen) atoms. The van der Waals surface area contributed by atoms with Crippen LogP contribution in [0.1, 0.15) is 5.56 Å². The molecule has 0 unspecified atom stereocenters. The molecule has 4 heterocycles. The third-order valence-corrected chi connectivity index (χ3v) is 6.22. The van der Waals surface area contributed by atoms with Gasteiger partial charge in [-0.05, 0) is 31.9 Å². The number of nitrogens with zero attached hydrogens (tertiary/aromatic N) is 12. The van der Waals surface area contributed by atoms with E-state index in [9.17, 15) is 0 Å². The molecule has 0 amide bonds. The van der Waals surface area contributed by atoms with Crippen molar-refractivity contribution in [3.63, 3.8) is 0 Å². The fourth-order valence-corrected chi connectivity index (χ4v) is 4.95. The number of tetrazole rings is 1. The monoisotopic (exact) mass is 405 g/mol. The van der Waals surface area contributed by atoms with Gasteiger partial charge in [-0.15, -0.1) is 10.2 Å². The smallest absolute Gasteiger partial charge is 0.248 e. The molecule has 14 heteroatoms. The number of hydrogen-bond donors (Lipinski definition) is 0. The van der Waals surface area contributed by atoms with E-state index in [0.29, 0.717) is 11.7 Å². The number of amidine groups is 1. The highest BCUT2D eigenvalue weighted by atomic mass is 33.1. The third-order valence-electron chi connectivity index (χ3n) is 3.66. The van der Waals surface area contributed by atoms with Gasteiger partial charge in [0.05, 0.1) is 35.8 Å². The third kappa shape index (κ3) is 3.38. The fourth-order valence-electron chi connectivity index (χ4n) is 2.36. The van der Waals surface area contributed by atoms with Crippen molar-refractivity contribution in [2.24, 2.45) is 36.6 Å². The second-order valence-corrected chi connectivity index (χ2v) is 8.30. The van der Waals surface area contributed by atoms with Crippen molar-refractivity contribution in [3.05, 3.63) is 18.0 Å². The Balaban J connectivity index is 1.62. The zero-order valence-corrected chi connectivity index (χ0v) is 17.0. The largest absolute Gasteiger partial charge is 0.260 e. The molecule has 0 saturated carbocycles. The van der Waals surface area contributed by atoms with Crippen molar-refractivity contribution < 1.29 is 4.70 Å². The van der Waals surface area contributed by atoms with E-state index in [2.05, 4.69) is 41.0 Å². The van der Waals surface area contributed by atoms with Crippen LogP contribution in [0, 0.1) is 0 Å². The first-order valence-corrected chi connectivity index (χ1v) is 10.00. The lowest BCUT2D eigenvalue weighted by Gasteiger charge is -2.06. The number of aryl methyl sites for hydroxylation is 3. The Bertz CT molecular complexity index is 1060. The lowest BCUT2D eigenvalue weighted by molar-refractivity contribution is -0.904. The topological polar surface area (TPSA) is 116 Å². The maximum absolute atomic E-state index is 4.49. The predicted octanol–water partition coefficient (Wildman–Crippen LogP) is 1.26. The normalized spacial score (nSPS) is 15.5. The van der Waals surface area contributed by atoms with E-state index in [-0.39, 0.29) is 4.70 Å². The number of quaternary nitrogens is 1. The van der Waals surface area contributed by atoms with Crippen molar-refractivity contribution in [3.8, 4) is 11.4 Å². The highest BCUT2D eigenvalue weighted by Crippen LogP contribution is 2.42. The minimum atomic E-state index is 0.117. The quantitative estimate of drug-likeness (QED) is 0.463. The van der Waals surface area contributed by atoms with Crippen molar-refractivity contribution in [2.45, 2.75) is 10.1 Å². The molecule has 3 aromatic rings. The highest BCUT2D eigenvalue weighted by molar-refractivity contribution is 8.76. The van der Waals surface area contributed by atoms with Gasteiger partial charge in [0.25, 0.3) is 0 Å². The fraction of sp³-hybridized carbons (Fsp3) is 0.385. The van der Waals surface area contributed by atoms with Crippen molar-refractivity contribution >= 4 is 27.4 Å². The number of hydrogen-bond acceptors (Lipinski definition) is 10. The Morgan fingerprint density at radius 1 is 0.926 bits per heavy atom. The maximum Gasteiger partial charge on any atom is 0.248 e. The molecule has 0 saturated heterocycles. The first kappa shape index (κ1) is 17.8. The van der Waals surface area contributed by atoms with Gasteiger partial charge >= 0.3 is 0 Å². The van der Waals surface area contributed by atoms with Crippen LogP contribution in [0.15, 0.2) is 37.9 Å². The lowest BCUT2D eigenvalue weighted by Crippen LogP contribution is -2.23. The molecule has 12 nitrogen and oxygen atoms in total. The van der Waals surface area contributed by atoms with E-state index in [1.54, 1.807) is 28.8 Å². The van der Waals surface area contributed by atoms with Gasteiger partial charge in [0.15, 0.2) is 0 Å². The molecule has 0 N–H and O–H groups in total. The molecule has 1 aliphatic rings. The van der Waals surface area contributed by atoms with Crippen LogP contribution in [0.2, 0.25) is 0 Å². The van der Waals surface area contributed by atoms with Gasteiger partial charge in [0.2, 0.25) is 11.7 Å². The molecule has 0 fully saturated rings. The van der Waals surface area contributed by atoms with Gasteiger partial charge in [-0.25, -0.2) is 0 Å². The molecule has 140 valence electrons. The van der Waals surface area contributed by atoms with Gasteiger partial charge in [-0.3, -0.25) is 9.36 Å². The molecule has 3 aromatic heterocycles. The van der Waals surface area contributed by atoms with Gasteiger partial charge in [0.1, 0.15) is 24.1 Å². The minimum absolute atomic E-state index is 0.117. The highest BCUT2D eigenvalue weighted by Gasteiger charge is 2.28. The van der Waals surface area contributed by atoms with Crippen LogP contribution in [0.5, 0.6) is 0 Å². The molecule has 0 radical (unpaired) electrons. The lowest BCUT2D eigenvalue weighted by atomic mass is 10.3. The van der Waals surface area contributed by atoms with Gasteiger partial charge < -0.3 is 0 Å². The summed E-state index contributed by atoms with van der Waals surface area (Å²) in [5.41, 5.74) is 1.66.